The molecule has 14 heavy (non-hydrogen) atoms. The van der Waals surface area contributed by atoms with E-state index in [0.717, 1.165) is 0 Å². The number of aryl methyl sites for hydroxylation is 1. The van der Waals surface area contributed by atoms with Crippen LogP contribution in [0, 0.1) is 0 Å². The van der Waals surface area contributed by atoms with Crippen molar-refractivity contribution in [2.45, 2.75) is 0 Å². The Kier molecular flexibility index (Phi) is 1.63. The second kappa shape index (κ2) is 2.69. The Hall–Kier alpha value is -2.11. The van der Waals surface area contributed by atoms with Crippen LogP contribution in [-0.2, 0) is 7.05 Å². The normalized spacial score (nSPS) is 10.6. The maximum atomic E-state index is 11.3. The molecular weight excluding hydrogens is 186 g/mol. The second-order valence-electron chi connectivity index (χ2n) is 2.89. The zero-order valence-corrected chi connectivity index (χ0v) is 7.31. The van der Waals surface area contributed by atoms with Crippen LogP contribution >= 0.6 is 0 Å². The molecule has 6 heteroatoms. The quantitative estimate of drug-likeness (QED) is 0.665. The van der Waals surface area contributed by atoms with Gasteiger partial charge in [0.15, 0.2) is 0 Å². The van der Waals surface area contributed by atoms with Gasteiger partial charge in [-0.15, -0.1) is 0 Å². The molecule has 0 spiro atoms. The Morgan fingerprint density at radius 3 is 2.93 bits per heavy atom. The van der Waals surface area contributed by atoms with Crippen LogP contribution in [0.25, 0.3) is 10.9 Å². The summed E-state index contributed by atoms with van der Waals surface area (Å²) in [6, 6.07) is 0. The summed E-state index contributed by atoms with van der Waals surface area (Å²) < 4.78 is 1.38. The zero-order chi connectivity index (χ0) is 10.3. The summed E-state index contributed by atoms with van der Waals surface area (Å²) in [5.41, 5.74) is 0.0407. The predicted molar refractivity (Wildman–Crippen MR) is 48.3 cm³/mol. The minimum Gasteiger partial charge on any atom is -0.478 e. The van der Waals surface area contributed by atoms with Crippen molar-refractivity contribution in [3.05, 3.63) is 28.3 Å². The molecule has 0 aromatic carbocycles. The highest BCUT2D eigenvalue weighted by Crippen LogP contribution is 2.12. The molecule has 2 aromatic heterocycles. The average molecular weight is 193 g/mol. The molecule has 0 atom stereocenters. The molecule has 0 saturated heterocycles. The number of aromatic amines is 1. The third-order valence-corrected chi connectivity index (χ3v) is 2.00. The van der Waals surface area contributed by atoms with Gasteiger partial charge in [0.05, 0.1) is 10.9 Å². The lowest BCUT2D eigenvalue weighted by molar-refractivity contribution is 0.0698. The number of carbonyl (C=O) groups is 1. The van der Waals surface area contributed by atoms with Crippen LogP contribution in [0.1, 0.15) is 10.4 Å². The van der Waals surface area contributed by atoms with Gasteiger partial charge in [-0.05, 0) is 0 Å². The van der Waals surface area contributed by atoms with Gasteiger partial charge in [0, 0.05) is 19.4 Å². The summed E-state index contributed by atoms with van der Waals surface area (Å²) in [5.74, 6) is -1.10. The molecule has 6 nitrogen and oxygen atoms in total. The SMILES string of the molecule is Cn1[nH]c(=O)c2cncc(C(=O)O)c21. The summed E-state index contributed by atoms with van der Waals surface area (Å²) in [4.78, 5) is 25.8. The summed E-state index contributed by atoms with van der Waals surface area (Å²) in [6.07, 6.45) is 2.57. The molecular formula is C8H7N3O3. The van der Waals surface area contributed by atoms with Gasteiger partial charge in [0.2, 0.25) is 0 Å². The Bertz CT molecular complexity index is 567. The fraction of sp³-hybridized carbons (Fsp3) is 0.125. The van der Waals surface area contributed by atoms with Gasteiger partial charge < -0.3 is 5.11 Å². The van der Waals surface area contributed by atoms with Gasteiger partial charge in [-0.2, -0.15) is 0 Å². The molecule has 0 saturated carbocycles. The highest BCUT2D eigenvalue weighted by Gasteiger charge is 2.14. The molecule has 0 unspecified atom stereocenters. The van der Waals surface area contributed by atoms with Crippen molar-refractivity contribution in [1.82, 2.24) is 14.8 Å². The lowest BCUT2D eigenvalue weighted by atomic mass is 10.2. The average Bonchev–Trinajstić information content (AvgIpc) is 2.43. The number of hydrogen-bond donors (Lipinski definition) is 2. The fourth-order valence-corrected chi connectivity index (χ4v) is 1.41. The Labute approximate surface area is 77.8 Å². The summed E-state index contributed by atoms with van der Waals surface area (Å²) in [6.45, 7) is 0. The van der Waals surface area contributed by atoms with Crippen LogP contribution in [0.5, 0.6) is 0 Å². The third kappa shape index (κ3) is 1.00. The van der Waals surface area contributed by atoms with Crippen molar-refractivity contribution in [2.24, 2.45) is 7.05 Å². The first kappa shape index (κ1) is 8.49. The third-order valence-electron chi connectivity index (χ3n) is 2.00. The molecule has 0 amide bonds. The Morgan fingerprint density at radius 2 is 2.29 bits per heavy atom. The van der Waals surface area contributed by atoms with Crippen molar-refractivity contribution in [1.29, 1.82) is 0 Å². The molecule has 72 valence electrons. The Balaban J connectivity index is 3.00. The van der Waals surface area contributed by atoms with Gasteiger partial charge in [-0.3, -0.25) is 19.6 Å². The van der Waals surface area contributed by atoms with E-state index in [0.29, 0.717) is 5.52 Å². The van der Waals surface area contributed by atoms with Crippen LogP contribution in [0.4, 0.5) is 0 Å². The van der Waals surface area contributed by atoms with E-state index in [-0.39, 0.29) is 16.5 Å². The fourth-order valence-electron chi connectivity index (χ4n) is 1.41. The van der Waals surface area contributed by atoms with Gasteiger partial charge in [-0.1, -0.05) is 0 Å². The van der Waals surface area contributed by atoms with Gasteiger partial charge in [0.25, 0.3) is 5.56 Å². The molecule has 0 bridgehead atoms. The molecule has 0 aliphatic carbocycles. The van der Waals surface area contributed by atoms with Crippen LogP contribution in [0.15, 0.2) is 17.2 Å². The molecule has 2 aromatic rings. The van der Waals surface area contributed by atoms with E-state index in [2.05, 4.69) is 10.1 Å². The molecule has 0 fully saturated rings. The number of fused-ring (bicyclic) bond motifs is 1. The van der Waals surface area contributed by atoms with Gasteiger partial charge >= 0.3 is 5.97 Å². The highest BCUT2D eigenvalue weighted by atomic mass is 16.4. The van der Waals surface area contributed by atoms with E-state index in [1.54, 1.807) is 7.05 Å². The van der Waals surface area contributed by atoms with Crippen molar-refractivity contribution in [3.63, 3.8) is 0 Å². The molecule has 2 rings (SSSR count). The van der Waals surface area contributed by atoms with E-state index in [9.17, 15) is 9.59 Å². The highest BCUT2D eigenvalue weighted by molar-refractivity contribution is 6.01. The Morgan fingerprint density at radius 1 is 1.57 bits per heavy atom. The smallest absolute Gasteiger partial charge is 0.339 e. The maximum Gasteiger partial charge on any atom is 0.339 e. The molecule has 0 aliphatic heterocycles. The van der Waals surface area contributed by atoms with Gasteiger partial charge in [-0.25, -0.2) is 4.79 Å². The van der Waals surface area contributed by atoms with Crippen molar-refractivity contribution in [2.75, 3.05) is 0 Å². The van der Waals surface area contributed by atoms with Gasteiger partial charge in [0.1, 0.15) is 5.56 Å². The van der Waals surface area contributed by atoms with Crippen LogP contribution in [-0.4, -0.2) is 25.8 Å². The standard InChI is InChI=1S/C8H7N3O3/c1-11-6-4(7(12)10-11)2-9-3-5(6)8(13)14/h2-3H,1H3,(H,10,12)(H,13,14). The number of pyridine rings is 1. The first-order valence-corrected chi connectivity index (χ1v) is 3.87. The number of aromatic nitrogens is 3. The summed E-state index contributed by atoms with van der Waals surface area (Å²) in [7, 11) is 1.58. The molecule has 2 N–H and O–H groups in total. The number of rotatable bonds is 1. The first-order chi connectivity index (χ1) is 6.61. The van der Waals surface area contributed by atoms with E-state index in [4.69, 9.17) is 5.11 Å². The van der Waals surface area contributed by atoms with E-state index in [1.807, 2.05) is 0 Å². The minimum atomic E-state index is -1.10. The minimum absolute atomic E-state index is 0.0170. The topological polar surface area (TPSA) is 88.0 Å². The molecule has 0 radical (unpaired) electrons. The number of nitrogens with one attached hydrogen (secondary N) is 1. The number of carboxylic acids is 1. The summed E-state index contributed by atoms with van der Waals surface area (Å²) in [5, 5.41) is 11.6. The summed E-state index contributed by atoms with van der Waals surface area (Å²) >= 11 is 0. The number of H-pyrrole nitrogens is 1. The van der Waals surface area contributed by atoms with Crippen LogP contribution in [0.3, 0.4) is 0 Å². The van der Waals surface area contributed by atoms with E-state index >= 15 is 0 Å². The van der Waals surface area contributed by atoms with Crippen molar-refractivity contribution >= 4 is 16.9 Å². The number of aromatic carboxylic acids is 1. The van der Waals surface area contributed by atoms with Crippen molar-refractivity contribution in [3.8, 4) is 0 Å². The molecule has 2 heterocycles. The first-order valence-electron chi connectivity index (χ1n) is 3.87. The molecule has 0 aliphatic rings. The number of nitrogens with zero attached hydrogens (tertiary/aromatic N) is 2. The predicted octanol–water partition coefficient (Wildman–Crippen LogP) is -0.0402. The van der Waals surface area contributed by atoms with E-state index < -0.39 is 5.97 Å². The van der Waals surface area contributed by atoms with Crippen LogP contribution in [0.2, 0.25) is 0 Å². The lowest BCUT2D eigenvalue weighted by Gasteiger charge is -1.98. The second-order valence-corrected chi connectivity index (χ2v) is 2.89. The largest absolute Gasteiger partial charge is 0.478 e. The van der Waals surface area contributed by atoms with E-state index in [1.165, 1.54) is 17.1 Å². The monoisotopic (exact) mass is 193 g/mol. The zero-order valence-electron chi connectivity index (χ0n) is 7.31. The van der Waals surface area contributed by atoms with Crippen LogP contribution < -0.4 is 5.56 Å². The lowest BCUT2D eigenvalue weighted by Crippen LogP contribution is -2.02. The van der Waals surface area contributed by atoms with Crippen molar-refractivity contribution < 1.29 is 9.90 Å². The maximum absolute atomic E-state index is 11.3. The number of hydrogen-bond acceptors (Lipinski definition) is 3. The number of carboxylic acid groups (broad SMARTS) is 1.